The number of benzene rings is 1. The summed E-state index contributed by atoms with van der Waals surface area (Å²) < 4.78 is 2.27. The highest BCUT2D eigenvalue weighted by Gasteiger charge is 2.30. The van der Waals surface area contributed by atoms with Crippen LogP contribution in [0.25, 0.3) is 0 Å². The normalized spacial score (nSPS) is 17.0. The Labute approximate surface area is 138 Å². The summed E-state index contributed by atoms with van der Waals surface area (Å²) in [5.41, 5.74) is 4.48. The number of rotatable bonds is 3. The zero-order chi connectivity index (χ0) is 16.4. The molecule has 23 heavy (non-hydrogen) atoms. The summed E-state index contributed by atoms with van der Waals surface area (Å²) in [4.78, 5) is 14.8. The molecule has 0 radical (unpaired) electrons. The van der Waals surface area contributed by atoms with Crippen LogP contribution in [0.3, 0.4) is 0 Å². The van der Waals surface area contributed by atoms with Gasteiger partial charge in [-0.25, -0.2) is 4.79 Å². The highest BCUT2D eigenvalue weighted by Crippen LogP contribution is 2.31. The Morgan fingerprint density at radius 2 is 2.04 bits per heavy atom. The van der Waals surface area contributed by atoms with Gasteiger partial charge in [0.15, 0.2) is 0 Å². The van der Waals surface area contributed by atoms with E-state index in [1.807, 2.05) is 17.0 Å². The minimum Gasteiger partial charge on any atom is -0.348 e. The summed E-state index contributed by atoms with van der Waals surface area (Å²) in [6.45, 7) is 7.91. The number of hydrogen-bond donors (Lipinski definition) is 1. The molecule has 1 aromatic carbocycles. The molecule has 1 atom stereocenters. The SMILES string of the molecule is CCCC1c2cccn2CCN1C(=O)Nc1cccc(C)c1C. The van der Waals surface area contributed by atoms with E-state index < -0.39 is 0 Å². The van der Waals surface area contributed by atoms with Crippen LogP contribution in [-0.2, 0) is 6.54 Å². The number of anilines is 1. The van der Waals surface area contributed by atoms with Crippen molar-refractivity contribution in [1.82, 2.24) is 9.47 Å². The van der Waals surface area contributed by atoms with Crippen molar-refractivity contribution in [2.75, 3.05) is 11.9 Å². The van der Waals surface area contributed by atoms with Crippen molar-refractivity contribution in [3.8, 4) is 0 Å². The molecular weight excluding hydrogens is 286 g/mol. The Hall–Kier alpha value is -2.23. The van der Waals surface area contributed by atoms with Crippen molar-refractivity contribution >= 4 is 11.7 Å². The molecule has 1 N–H and O–H groups in total. The number of hydrogen-bond acceptors (Lipinski definition) is 1. The van der Waals surface area contributed by atoms with Crippen molar-refractivity contribution < 1.29 is 4.79 Å². The van der Waals surface area contributed by atoms with E-state index in [2.05, 4.69) is 55.1 Å². The van der Waals surface area contributed by atoms with Crippen LogP contribution < -0.4 is 5.32 Å². The molecule has 1 aliphatic heterocycles. The molecule has 122 valence electrons. The van der Waals surface area contributed by atoms with E-state index in [1.165, 1.54) is 11.3 Å². The number of nitrogens with one attached hydrogen (secondary N) is 1. The van der Waals surface area contributed by atoms with Gasteiger partial charge in [0, 0.05) is 30.7 Å². The fourth-order valence-electron chi connectivity index (χ4n) is 3.36. The number of amides is 2. The average Bonchev–Trinajstić information content (AvgIpc) is 3.01. The van der Waals surface area contributed by atoms with Crippen molar-refractivity contribution in [2.45, 2.75) is 46.2 Å². The molecule has 2 amide bonds. The maximum Gasteiger partial charge on any atom is 0.322 e. The largest absolute Gasteiger partial charge is 0.348 e. The fraction of sp³-hybridized carbons (Fsp3) is 0.421. The first-order chi connectivity index (χ1) is 11.1. The summed E-state index contributed by atoms with van der Waals surface area (Å²) in [5.74, 6) is 0. The van der Waals surface area contributed by atoms with Gasteiger partial charge in [0.05, 0.1) is 6.04 Å². The smallest absolute Gasteiger partial charge is 0.322 e. The van der Waals surface area contributed by atoms with Gasteiger partial charge in [-0.15, -0.1) is 0 Å². The Balaban J connectivity index is 1.82. The van der Waals surface area contributed by atoms with Gasteiger partial charge in [-0.05, 0) is 49.6 Å². The van der Waals surface area contributed by atoms with E-state index in [4.69, 9.17) is 0 Å². The Morgan fingerprint density at radius 1 is 1.22 bits per heavy atom. The minimum atomic E-state index is 0.00426. The Bertz CT molecular complexity index is 704. The van der Waals surface area contributed by atoms with Crippen molar-refractivity contribution in [3.63, 3.8) is 0 Å². The van der Waals surface area contributed by atoms with Crippen LogP contribution >= 0.6 is 0 Å². The second kappa shape index (κ2) is 6.49. The molecule has 2 aromatic rings. The lowest BCUT2D eigenvalue weighted by Crippen LogP contribution is -2.44. The van der Waals surface area contributed by atoms with Crippen LogP contribution in [0.15, 0.2) is 36.5 Å². The number of aromatic nitrogens is 1. The lowest BCUT2D eigenvalue weighted by molar-refractivity contribution is 0.163. The van der Waals surface area contributed by atoms with Crippen LogP contribution in [0.5, 0.6) is 0 Å². The molecule has 0 saturated carbocycles. The molecule has 0 fully saturated rings. The van der Waals surface area contributed by atoms with Gasteiger partial charge in [0.1, 0.15) is 0 Å². The third-order valence-electron chi connectivity index (χ3n) is 4.83. The minimum absolute atomic E-state index is 0.00426. The van der Waals surface area contributed by atoms with Gasteiger partial charge >= 0.3 is 6.03 Å². The maximum atomic E-state index is 12.9. The Kier molecular flexibility index (Phi) is 4.42. The number of aryl methyl sites for hydroxylation is 1. The van der Waals surface area contributed by atoms with Crippen LogP contribution in [0.1, 0.15) is 42.6 Å². The zero-order valence-electron chi connectivity index (χ0n) is 14.2. The van der Waals surface area contributed by atoms with Gasteiger partial charge in [-0.2, -0.15) is 0 Å². The van der Waals surface area contributed by atoms with Gasteiger partial charge in [-0.3, -0.25) is 0 Å². The van der Waals surface area contributed by atoms with Crippen LogP contribution in [0, 0.1) is 13.8 Å². The predicted octanol–water partition coefficient (Wildman–Crippen LogP) is 4.49. The first kappa shape index (κ1) is 15.7. The van der Waals surface area contributed by atoms with Gasteiger partial charge in [0.2, 0.25) is 0 Å². The summed E-state index contributed by atoms with van der Waals surface area (Å²) in [6.07, 6.45) is 4.16. The second-order valence-electron chi connectivity index (χ2n) is 6.30. The van der Waals surface area contributed by atoms with E-state index in [0.717, 1.165) is 37.2 Å². The van der Waals surface area contributed by atoms with E-state index >= 15 is 0 Å². The monoisotopic (exact) mass is 311 g/mol. The highest BCUT2D eigenvalue weighted by molar-refractivity contribution is 5.90. The molecule has 0 spiro atoms. The molecule has 4 heteroatoms. The lowest BCUT2D eigenvalue weighted by Gasteiger charge is -2.37. The third-order valence-corrected chi connectivity index (χ3v) is 4.83. The van der Waals surface area contributed by atoms with Gasteiger partial charge < -0.3 is 14.8 Å². The number of carbonyl (C=O) groups excluding carboxylic acids is 1. The van der Waals surface area contributed by atoms with Crippen LogP contribution in [-0.4, -0.2) is 22.0 Å². The van der Waals surface area contributed by atoms with E-state index in [0.29, 0.717) is 0 Å². The van der Waals surface area contributed by atoms with E-state index in [1.54, 1.807) is 0 Å². The first-order valence-corrected chi connectivity index (χ1v) is 8.40. The van der Waals surface area contributed by atoms with Gasteiger partial charge in [0.25, 0.3) is 0 Å². The Morgan fingerprint density at radius 3 is 2.83 bits per heavy atom. The summed E-state index contributed by atoms with van der Waals surface area (Å²) >= 11 is 0. The third kappa shape index (κ3) is 2.98. The summed E-state index contributed by atoms with van der Waals surface area (Å²) in [5, 5.41) is 3.11. The molecule has 0 saturated heterocycles. The number of fused-ring (bicyclic) bond motifs is 1. The fourth-order valence-corrected chi connectivity index (χ4v) is 3.36. The molecule has 0 aliphatic carbocycles. The summed E-state index contributed by atoms with van der Waals surface area (Å²) in [7, 11) is 0. The highest BCUT2D eigenvalue weighted by atomic mass is 16.2. The molecule has 2 heterocycles. The molecule has 1 aliphatic rings. The standard InChI is InChI=1S/C19H25N3O/c1-4-7-18-17-10-6-11-21(17)12-13-22(18)19(23)20-16-9-5-8-14(2)15(16)3/h5-6,8-11,18H,4,7,12-13H2,1-3H3,(H,20,23). The molecular formula is C19H25N3O. The molecule has 1 aromatic heterocycles. The maximum absolute atomic E-state index is 12.9. The molecule has 1 unspecified atom stereocenters. The topological polar surface area (TPSA) is 37.3 Å². The van der Waals surface area contributed by atoms with Crippen molar-refractivity contribution in [3.05, 3.63) is 53.3 Å². The zero-order valence-corrected chi connectivity index (χ0v) is 14.2. The average molecular weight is 311 g/mol. The predicted molar refractivity (Wildman–Crippen MR) is 93.7 cm³/mol. The quantitative estimate of drug-likeness (QED) is 0.890. The molecule has 0 bridgehead atoms. The van der Waals surface area contributed by atoms with E-state index in [9.17, 15) is 4.79 Å². The lowest BCUT2D eigenvalue weighted by atomic mass is 10.0. The second-order valence-corrected chi connectivity index (χ2v) is 6.30. The number of nitrogens with zero attached hydrogens (tertiary/aromatic N) is 2. The number of urea groups is 1. The first-order valence-electron chi connectivity index (χ1n) is 8.40. The van der Waals surface area contributed by atoms with Crippen LogP contribution in [0.4, 0.5) is 10.5 Å². The molecule has 3 rings (SSSR count). The summed E-state index contributed by atoms with van der Waals surface area (Å²) in [6, 6.07) is 10.4. The molecule has 4 nitrogen and oxygen atoms in total. The number of carbonyl (C=O) groups is 1. The van der Waals surface area contributed by atoms with E-state index in [-0.39, 0.29) is 12.1 Å². The van der Waals surface area contributed by atoms with Crippen LogP contribution in [0.2, 0.25) is 0 Å². The van der Waals surface area contributed by atoms with Crippen molar-refractivity contribution in [1.29, 1.82) is 0 Å². The van der Waals surface area contributed by atoms with Gasteiger partial charge in [-0.1, -0.05) is 25.5 Å². The van der Waals surface area contributed by atoms with Crippen molar-refractivity contribution in [2.24, 2.45) is 0 Å².